The van der Waals surface area contributed by atoms with E-state index in [2.05, 4.69) is 13.2 Å². The normalized spacial score (nSPS) is 26.9. The fraction of sp³-hybridized carbons (Fsp3) is 0.581. The van der Waals surface area contributed by atoms with Crippen LogP contribution in [0.5, 0.6) is 0 Å². The number of unbranched alkanes of at least 4 members (excludes halogenated alkanes) is 2. The van der Waals surface area contributed by atoms with E-state index in [0.717, 1.165) is 31.2 Å². The molecule has 1 spiro atoms. The van der Waals surface area contributed by atoms with Crippen LogP contribution in [0.3, 0.4) is 0 Å². The lowest BCUT2D eigenvalue weighted by molar-refractivity contribution is -0.144. The fourth-order valence-corrected chi connectivity index (χ4v) is 9.02. The molecule has 1 aromatic rings. The van der Waals surface area contributed by atoms with Crippen molar-refractivity contribution in [2.75, 3.05) is 32.8 Å². The van der Waals surface area contributed by atoms with Crippen LogP contribution in [0.4, 0.5) is 0 Å². The second-order valence-electron chi connectivity index (χ2n) is 10.9. The molecule has 2 bridgehead atoms. The highest BCUT2D eigenvalue weighted by Gasteiger charge is 2.73. The number of likely N-dealkylation sites (tertiary alicyclic amines) is 1. The number of hydrogen-bond donors (Lipinski definition) is 1. The minimum atomic E-state index is -0.611. The van der Waals surface area contributed by atoms with Crippen LogP contribution < -0.4 is 0 Å². The summed E-state index contributed by atoms with van der Waals surface area (Å²) >= 11 is 1.72. The Balaban J connectivity index is 1.68. The Kier molecular flexibility index (Phi) is 9.94. The number of carbonyl (C=O) groups is 3. The zero-order valence-electron chi connectivity index (χ0n) is 23.2. The molecule has 8 heteroatoms. The van der Waals surface area contributed by atoms with Gasteiger partial charge >= 0.3 is 0 Å². The molecule has 1 aromatic carbocycles. The Morgan fingerprint density at radius 2 is 1.82 bits per heavy atom. The molecule has 3 saturated heterocycles. The summed E-state index contributed by atoms with van der Waals surface area (Å²) in [7, 11) is 0. The number of hydrogen-bond acceptors (Lipinski definition) is 5. The van der Waals surface area contributed by atoms with Gasteiger partial charge in [0.25, 0.3) is 0 Å². The third-order valence-corrected chi connectivity index (χ3v) is 10.4. The Labute approximate surface area is 237 Å². The summed E-state index contributed by atoms with van der Waals surface area (Å²) in [6.07, 6.45) is 8.07. The van der Waals surface area contributed by atoms with Crippen LogP contribution in [-0.2, 0) is 20.9 Å². The van der Waals surface area contributed by atoms with Crippen LogP contribution >= 0.6 is 11.8 Å². The summed E-state index contributed by atoms with van der Waals surface area (Å²) in [4.78, 5) is 48.0. The van der Waals surface area contributed by atoms with Crippen molar-refractivity contribution in [2.45, 2.75) is 68.0 Å². The van der Waals surface area contributed by atoms with Gasteiger partial charge in [-0.05, 0) is 44.1 Å². The van der Waals surface area contributed by atoms with Gasteiger partial charge in [0.2, 0.25) is 17.7 Å². The van der Waals surface area contributed by atoms with Crippen LogP contribution in [0, 0.1) is 11.8 Å². The molecule has 1 N–H and O–H groups in total. The van der Waals surface area contributed by atoms with Gasteiger partial charge in [-0.15, -0.1) is 24.9 Å². The largest absolute Gasteiger partial charge is 0.396 e. The molecule has 3 fully saturated rings. The topological polar surface area (TPSA) is 81.2 Å². The number of benzene rings is 1. The molecular formula is C31H43N3O4S. The SMILES string of the molecule is C=CCN(Cc1ccccc1)C(=O)C1N(CCCCCO)C(=O)[C@@H]2[C@H](C(=O)N(CC=C)CCC)[C@@H]3CCC12S3. The molecular weight excluding hydrogens is 510 g/mol. The second kappa shape index (κ2) is 13.2. The molecule has 5 atom stereocenters. The maximum absolute atomic E-state index is 14.4. The van der Waals surface area contributed by atoms with Crippen molar-refractivity contribution >= 4 is 29.5 Å². The molecule has 7 nitrogen and oxygen atoms in total. The summed E-state index contributed by atoms with van der Waals surface area (Å²) in [6.45, 7) is 12.3. The lowest BCUT2D eigenvalue weighted by Gasteiger charge is -2.37. The van der Waals surface area contributed by atoms with Crippen molar-refractivity contribution < 1.29 is 19.5 Å². The average molecular weight is 554 g/mol. The molecule has 2 unspecified atom stereocenters. The van der Waals surface area contributed by atoms with Gasteiger partial charge in [0.15, 0.2) is 0 Å². The lowest BCUT2D eigenvalue weighted by Crippen LogP contribution is -2.54. The lowest BCUT2D eigenvalue weighted by atomic mass is 9.70. The van der Waals surface area contributed by atoms with E-state index in [1.807, 2.05) is 47.1 Å². The first kappa shape index (κ1) is 29.4. The first-order chi connectivity index (χ1) is 18.9. The van der Waals surface area contributed by atoms with Crippen LogP contribution in [0.15, 0.2) is 55.6 Å². The Morgan fingerprint density at radius 1 is 1.10 bits per heavy atom. The smallest absolute Gasteiger partial charge is 0.247 e. The van der Waals surface area contributed by atoms with Gasteiger partial charge in [-0.2, -0.15) is 0 Å². The van der Waals surface area contributed by atoms with Crippen molar-refractivity contribution in [2.24, 2.45) is 11.8 Å². The molecule has 0 saturated carbocycles. The number of nitrogens with zero attached hydrogens (tertiary/aromatic N) is 3. The van der Waals surface area contributed by atoms with Gasteiger partial charge in [0, 0.05) is 44.6 Å². The third kappa shape index (κ3) is 5.68. The summed E-state index contributed by atoms with van der Waals surface area (Å²) in [5.41, 5.74) is 1.02. The Morgan fingerprint density at radius 3 is 2.49 bits per heavy atom. The monoisotopic (exact) mass is 553 g/mol. The first-order valence-corrected chi connectivity index (χ1v) is 15.2. The molecule has 39 heavy (non-hydrogen) atoms. The quantitative estimate of drug-likeness (QED) is 0.263. The molecule has 0 aromatic heterocycles. The van der Waals surface area contributed by atoms with Gasteiger partial charge in [-0.25, -0.2) is 0 Å². The van der Waals surface area contributed by atoms with Gasteiger partial charge in [-0.3, -0.25) is 14.4 Å². The average Bonchev–Trinajstić information content (AvgIpc) is 3.58. The molecule has 3 aliphatic heterocycles. The van der Waals surface area contributed by atoms with E-state index in [0.29, 0.717) is 45.6 Å². The van der Waals surface area contributed by atoms with Gasteiger partial charge in [0.05, 0.1) is 16.6 Å². The molecule has 0 radical (unpaired) electrons. The zero-order valence-corrected chi connectivity index (χ0v) is 24.0. The van der Waals surface area contributed by atoms with Crippen LogP contribution in [-0.4, -0.2) is 86.4 Å². The molecule has 212 valence electrons. The van der Waals surface area contributed by atoms with Crippen LogP contribution in [0.25, 0.3) is 0 Å². The molecule has 3 amide bonds. The van der Waals surface area contributed by atoms with Crippen molar-refractivity contribution in [1.29, 1.82) is 0 Å². The predicted molar refractivity (Wildman–Crippen MR) is 156 cm³/mol. The van der Waals surface area contributed by atoms with Gasteiger partial charge < -0.3 is 19.8 Å². The summed E-state index contributed by atoms with van der Waals surface area (Å²) in [6, 6.07) is 9.27. The fourth-order valence-electron chi connectivity index (χ4n) is 6.82. The molecule has 4 rings (SSSR count). The van der Waals surface area contributed by atoms with E-state index < -0.39 is 22.6 Å². The minimum Gasteiger partial charge on any atom is -0.396 e. The number of rotatable bonds is 15. The van der Waals surface area contributed by atoms with Gasteiger partial charge in [0.1, 0.15) is 6.04 Å². The zero-order chi connectivity index (χ0) is 28.0. The molecule has 3 aliphatic rings. The first-order valence-electron chi connectivity index (χ1n) is 14.4. The van der Waals surface area contributed by atoms with Crippen molar-refractivity contribution in [3.63, 3.8) is 0 Å². The number of aliphatic hydroxyl groups excluding tert-OH is 1. The van der Waals surface area contributed by atoms with Crippen LogP contribution in [0.2, 0.25) is 0 Å². The summed E-state index contributed by atoms with van der Waals surface area (Å²) in [5, 5.41) is 9.32. The third-order valence-electron chi connectivity index (χ3n) is 8.41. The maximum atomic E-state index is 14.4. The number of amides is 3. The maximum Gasteiger partial charge on any atom is 0.247 e. The number of aliphatic hydroxyl groups is 1. The van der Waals surface area contributed by atoms with E-state index in [1.165, 1.54) is 0 Å². The van der Waals surface area contributed by atoms with E-state index in [-0.39, 0.29) is 29.6 Å². The number of carbonyl (C=O) groups excluding carboxylic acids is 3. The van der Waals surface area contributed by atoms with Crippen molar-refractivity contribution in [3.05, 3.63) is 61.2 Å². The standard InChI is InChI=1S/C31H43N3O4S/c1-4-17-32(18-5-2)28(36)25-24-15-16-31(39-24)26(25)29(37)34(20-11-8-12-21-35)27(31)30(38)33(19-6-3)22-23-13-9-7-10-14-23/h4,6-7,9-10,13-14,24-27,35H,1,3,5,8,11-12,15-22H2,2H3/t24-,25+,26-,27?,31?/m0/s1. The predicted octanol–water partition coefficient (Wildman–Crippen LogP) is 3.88. The Bertz CT molecular complexity index is 1050. The van der Waals surface area contributed by atoms with E-state index in [4.69, 9.17) is 0 Å². The van der Waals surface area contributed by atoms with Gasteiger partial charge in [-0.1, -0.05) is 49.4 Å². The van der Waals surface area contributed by atoms with Crippen molar-refractivity contribution in [1.82, 2.24) is 14.7 Å². The van der Waals surface area contributed by atoms with Crippen LogP contribution in [0.1, 0.15) is 51.0 Å². The highest BCUT2D eigenvalue weighted by Crippen LogP contribution is 2.66. The van der Waals surface area contributed by atoms with E-state index >= 15 is 0 Å². The highest BCUT2D eigenvalue weighted by molar-refractivity contribution is 8.02. The van der Waals surface area contributed by atoms with E-state index in [1.54, 1.807) is 28.8 Å². The summed E-state index contributed by atoms with van der Waals surface area (Å²) in [5.74, 6) is -1.00. The van der Waals surface area contributed by atoms with E-state index in [9.17, 15) is 19.5 Å². The number of thioether (sulfide) groups is 1. The second-order valence-corrected chi connectivity index (χ2v) is 12.5. The Hall–Kier alpha value is -2.58. The molecule has 3 heterocycles. The molecule has 0 aliphatic carbocycles. The highest BCUT2D eigenvalue weighted by atomic mass is 32.2. The summed E-state index contributed by atoms with van der Waals surface area (Å²) < 4.78 is -0.599. The minimum absolute atomic E-state index is 0.0229. The van der Waals surface area contributed by atoms with Crippen molar-refractivity contribution in [3.8, 4) is 0 Å². The number of fused-ring (bicyclic) bond motifs is 1.